The van der Waals surface area contributed by atoms with Crippen LogP contribution in [0.3, 0.4) is 0 Å². The van der Waals surface area contributed by atoms with Crippen molar-refractivity contribution in [3.63, 3.8) is 0 Å². The van der Waals surface area contributed by atoms with E-state index in [0.717, 1.165) is 47.3 Å². The molecule has 1 fully saturated rings. The van der Waals surface area contributed by atoms with E-state index in [-0.39, 0.29) is 5.82 Å². The van der Waals surface area contributed by atoms with Gasteiger partial charge in [-0.25, -0.2) is 18.9 Å². The summed E-state index contributed by atoms with van der Waals surface area (Å²) in [6, 6.07) is 12.1. The first-order valence-corrected chi connectivity index (χ1v) is 10.5. The van der Waals surface area contributed by atoms with Crippen molar-refractivity contribution in [2.24, 2.45) is 5.92 Å². The fourth-order valence-electron chi connectivity index (χ4n) is 3.50. The molecule has 1 aliphatic heterocycles. The third-order valence-electron chi connectivity index (χ3n) is 5.16. The first kappa shape index (κ1) is 18.1. The molecular weight excluding hydrogens is 389 g/mol. The number of rotatable bonds is 5. The molecule has 3 aromatic heterocycles. The molecule has 0 bridgehead atoms. The topological polar surface area (TPSA) is 55.5 Å². The van der Waals surface area contributed by atoms with Gasteiger partial charge in [0.25, 0.3) is 0 Å². The summed E-state index contributed by atoms with van der Waals surface area (Å²) in [7, 11) is 0. The largest absolute Gasteiger partial charge is 0.477 e. The van der Waals surface area contributed by atoms with E-state index in [2.05, 4.69) is 14.9 Å². The van der Waals surface area contributed by atoms with E-state index in [4.69, 9.17) is 9.84 Å². The minimum atomic E-state index is -0.246. The summed E-state index contributed by atoms with van der Waals surface area (Å²) in [4.78, 5) is 12.0. The van der Waals surface area contributed by atoms with Gasteiger partial charge in [-0.15, -0.1) is 5.10 Å². The fraction of sp³-hybridized carbons (Fsp3) is 0.286. The second-order valence-electron chi connectivity index (χ2n) is 7.15. The normalized spacial score (nSPS) is 15.1. The molecule has 0 atom stereocenters. The molecule has 6 nitrogen and oxygen atoms in total. The lowest BCUT2D eigenvalue weighted by molar-refractivity contribution is 0.216. The van der Waals surface area contributed by atoms with E-state index in [0.29, 0.717) is 18.4 Å². The highest BCUT2D eigenvalue weighted by atomic mass is 32.1. The standard InChI is InChI=1S/C21H20FN5OS/c22-17-6-4-16(5-7-17)18-13-27-20(24-18)29-21(25-27)26-11-8-15(9-12-26)14-28-19-3-1-2-10-23-19/h1-7,10,13,15H,8-9,11-12,14H2. The minimum Gasteiger partial charge on any atom is -0.477 e. The van der Waals surface area contributed by atoms with Crippen LogP contribution >= 0.6 is 11.3 Å². The summed E-state index contributed by atoms with van der Waals surface area (Å²) in [5.74, 6) is 0.972. The molecule has 1 aromatic carbocycles. The van der Waals surface area contributed by atoms with Crippen molar-refractivity contribution in [2.75, 3.05) is 24.6 Å². The molecule has 0 radical (unpaired) electrons. The van der Waals surface area contributed by atoms with E-state index < -0.39 is 0 Å². The van der Waals surface area contributed by atoms with Gasteiger partial charge in [-0.3, -0.25) is 0 Å². The molecular formula is C21H20FN5OS. The summed E-state index contributed by atoms with van der Waals surface area (Å²) < 4.78 is 20.7. The molecule has 4 heterocycles. The summed E-state index contributed by atoms with van der Waals surface area (Å²) in [5.41, 5.74) is 1.69. The summed E-state index contributed by atoms with van der Waals surface area (Å²) in [6.07, 6.45) is 5.78. The molecule has 29 heavy (non-hydrogen) atoms. The molecule has 4 aromatic rings. The SMILES string of the molecule is Fc1ccc(-c2cn3nc(N4CCC(COc5ccccn5)CC4)sc3n2)cc1. The average Bonchev–Trinajstić information content (AvgIpc) is 3.33. The van der Waals surface area contributed by atoms with Crippen molar-refractivity contribution in [3.8, 4) is 17.1 Å². The van der Waals surface area contributed by atoms with Crippen LogP contribution in [-0.4, -0.2) is 39.3 Å². The average molecular weight is 409 g/mol. The van der Waals surface area contributed by atoms with E-state index in [1.54, 1.807) is 29.7 Å². The zero-order chi connectivity index (χ0) is 19.6. The number of hydrogen-bond donors (Lipinski definition) is 0. The van der Waals surface area contributed by atoms with Gasteiger partial charge in [-0.2, -0.15) is 0 Å². The minimum absolute atomic E-state index is 0.246. The second kappa shape index (κ2) is 7.79. The third-order valence-corrected chi connectivity index (χ3v) is 6.15. The number of nitrogens with zero attached hydrogens (tertiary/aromatic N) is 5. The van der Waals surface area contributed by atoms with Gasteiger partial charge in [0.2, 0.25) is 16.0 Å². The Labute approximate surface area is 171 Å². The summed E-state index contributed by atoms with van der Waals surface area (Å²) in [6.45, 7) is 2.61. The van der Waals surface area contributed by atoms with Crippen molar-refractivity contribution in [2.45, 2.75) is 12.8 Å². The Balaban J connectivity index is 1.20. The number of halogens is 1. The van der Waals surface area contributed by atoms with E-state index in [9.17, 15) is 4.39 Å². The summed E-state index contributed by atoms with van der Waals surface area (Å²) in [5, 5.41) is 5.69. The van der Waals surface area contributed by atoms with Crippen LogP contribution in [0.4, 0.5) is 9.52 Å². The van der Waals surface area contributed by atoms with Gasteiger partial charge in [-0.1, -0.05) is 17.4 Å². The Hall–Kier alpha value is -3.00. The Morgan fingerprint density at radius 1 is 1.10 bits per heavy atom. The molecule has 5 rings (SSSR count). The fourth-order valence-corrected chi connectivity index (χ4v) is 4.44. The molecule has 0 N–H and O–H groups in total. The van der Waals surface area contributed by atoms with Crippen LogP contribution in [-0.2, 0) is 0 Å². The van der Waals surface area contributed by atoms with Crippen LogP contribution in [0.1, 0.15) is 12.8 Å². The lowest BCUT2D eigenvalue weighted by atomic mass is 9.98. The molecule has 1 saturated heterocycles. The van der Waals surface area contributed by atoms with Crippen molar-refractivity contribution in [3.05, 3.63) is 60.7 Å². The predicted molar refractivity (Wildman–Crippen MR) is 111 cm³/mol. The molecule has 0 saturated carbocycles. The highest BCUT2D eigenvalue weighted by Gasteiger charge is 2.23. The van der Waals surface area contributed by atoms with Gasteiger partial charge < -0.3 is 9.64 Å². The van der Waals surface area contributed by atoms with Crippen LogP contribution in [0.15, 0.2) is 54.9 Å². The molecule has 8 heteroatoms. The van der Waals surface area contributed by atoms with Gasteiger partial charge in [0.1, 0.15) is 5.82 Å². The molecule has 0 unspecified atom stereocenters. The van der Waals surface area contributed by atoms with Crippen LogP contribution in [0, 0.1) is 11.7 Å². The zero-order valence-electron chi connectivity index (χ0n) is 15.7. The molecule has 0 spiro atoms. The van der Waals surface area contributed by atoms with Crippen LogP contribution < -0.4 is 9.64 Å². The van der Waals surface area contributed by atoms with E-state index in [1.165, 1.54) is 12.1 Å². The monoisotopic (exact) mass is 409 g/mol. The number of pyridine rings is 1. The maximum atomic E-state index is 13.1. The van der Waals surface area contributed by atoms with Gasteiger partial charge in [-0.05, 0) is 49.1 Å². The first-order valence-electron chi connectivity index (χ1n) is 9.65. The number of aromatic nitrogens is 4. The van der Waals surface area contributed by atoms with E-state index in [1.807, 2.05) is 28.9 Å². The van der Waals surface area contributed by atoms with Crippen molar-refractivity contribution in [1.29, 1.82) is 0 Å². The van der Waals surface area contributed by atoms with Gasteiger partial charge >= 0.3 is 0 Å². The Bertz CT molecular complexity index is 1060. The van der Waals surface area contributed by atoms with Gasteiger partial charge in [0, 0.05) is 30.9 Å². The van der Waals surface area contributed by atoms with Crippen LogP contribution in [0.2, 0.25) is 0 Å². The Kier molecular flexibility index (Phi) is 4.85. The first-order chi connectivity index (χ1) is 14.2. The zero-order valence-corrected chi connectivity index (χ0v) is 16.6. The lowest BCUT2D eigenvalue weighted by Crippen LogP contribution is -2.35. The lowest BCUT2D eigenvalue weighted by Gasteiger charge is -2.31. The van der Waals surface area contributed by atoms with Crippen molar-refractivity contribution in [1.82, 2.24) is 19.6 Å². The number of ether oxygens (including phenoxy) is 1. The number of imidazole rings is 1. The molecule has 0 amide bonds. The third kappa shape index (κ3) is 3.93. The number of benzene rings is 1. The Morgan fingerprint density at radius 3 is 2.66 bits per heavy atom. The van der Waals surface area contributed by atoms with Crippen LogP contribution in [0.25, 0.3) is 16.2 Å². The second-order valence-corrected chi connectivity index (χ2v) is 8.09. The number of anilines is 1. The molecule has 1 aliphatic rings. The smallest absolute Gasteiger partial charge is 0.214 e. The number of piperidine rings is 1. The van der Waals surface area contributed by atoms with Crippen molar-refractivity contribution >= 4 is 21.4 Å². The quantitative estimate of drug-likeness (QED) is 0.492. The number of hydrogen-bond acceptors (Lipinski definition) is 6. The summed E-state index contributed by atoms with van der Waals surface area (Å²) >= 11 is 1.59. The van der Waals surface area contributed by atoms with Crippen molar-refractivity contribution < 1.29 is 9.13 Å². The number of fused-ring (bicyclic) bond motifs is 1. The molecule has 148 valence electrons. The van der Waals surface area contributed by atoms with Crippen LogP contribution in [0.5, 0.6) is 5.88 Å². The maximum absolute atomic E-state index is 13.1. The van der Waals surface area contributed by atoms with E-state index >= 15 is 0 Å². The highest BCUT2D eigenvalue weighted by Crippen LogP contribution is 2.29. The highest BCUT2D eigenvalue weighted by molar-refractivity contribution is 7.20. The van der Waals surface area contributed by atoms with Gasteiger partial charge in [0.15, 0.2) is 0 Å². The molecule has 0 aliphatic carbocycles. The van der Waals surface area contributed by atoms with Gasteiger partial charge in [0.05, 0.1) is 18.5 Å². The Morgan fingerprint density at radius 2 is 1.93 bits per heavy atom. The predicted octanol–water partition coefficient (Wildman–Crippen LogP) is 4.29. The maximum Gasteiger partial charge on any atom is 0.214 e.